The topological polar surface area (TPSA) is 60.9 Å². The molecule has 5 nitrogen and oxygen atoms in total. The number of β-amino-alcohol motifs (C(OH)–C–C–N with tert-alkyl or cyclic N) is 1. The highest BCUT2D eigenvalue weighted by atomic mass is 35.5. The number of aliphatic hydroxyl groups excluding tert-OH is 1. The van der Waals surface area contributed by atoms with E-state index in [9.17, 15) is 14.7 Å². The lowest BCUT2D eigenvalue weighted by atomic mass is 10.1. The van der Waals surface area contributed by atoms with Crippen LogP contribution in [0, 0.1) is 0 Å². The molecule has 21 heavy (non-hydrogen) atoms. The van der Waals surface area contributed by atoms with Crippen molar-refractivity contribution in [1.29, 1.82) is 0 Å². The van der Waals surface area contributed by atoms with Crippen LogP contribution in [0.1, 0.15) is 18.4 Å². The number of aliphatic hydroxyl groups is 1. The van der Waals surface area contributed by atoms with Crippen molar-refractivity contribution in [3.8, 4) is 0 Å². The number of carbonyl (C=O) groups is 2. The lowest BCUT2D eigenvalue weighted by Gasteiger charge is -2.31. The summed E-state index contributed by atoms with van der Waals surface area (Å²) in [6.45, 7) is 1.03. The minimum absolute atomic E-state index is 0.0280. The van der Waals surface area contributed by atoms with Gasteiger partial charge in [0.2, 0.25) is 11.8 Å². The lowest BCUT2D eigenvalue weighted by Crippen LogP contribution is -2.47. The first-order chi connectivity index (χ1) is 10.0. The zero-order chi connectivity index (χ0) is 15.0. The summed E-state index contributed by atoms with van der Waals surface area (Å²) in [5, 5.41) is 10.2. The van der Waals surface area contributed by atoms with Gasteiger partial charge in [-0.3, -0.25) is 9.59 Å². The van der Waals surface area contributed by atoms with Crippen molar-refractivity contribution >= 4 is 29.1 Å². The monoisotopic (exact) mass is 308 g/mol. The number of benzene rings is 1. The Labute approximate surface area is 128 Å². The summed E-state index contributed by atoms with van der Waals surface area (Å²) in [5.41, 5.74) is 1.62. The van der Waals surface area contributed by atoms with Gasteiger partial charge in [0.05, 0.1) is 12.5 Å². The Hall–Kier alpha value is -1.59. The van der Waals surface area contributed by atoms with Crippen molar-refractivity contribution < 1.29 is 14.7 Å². The number of piperidine rings is 1. The van der Waals surface area contributed by atoms with Crippen molar-refractivity contribution in [1.82, 2.24) is 4.90 Å². The van der Waals surface area contributed by atoms with E-state index in [4.69, 9.17) is 11.6 Å². The van der Waals surface area contributed by atoms with Crippen molar-refractivity contribution in [3.63, 3.8) is 0 Å². The Morgan fingerprint density at radius 1 is 1.43 bits per heavy atom. The molecule has 0 aromatic heterocycles. The van der Waals surface area contributed by atoms with E-state index in [1.54, 1.807) is 23.1 Å². The van der Waals surface area contributed by atoms with Gasteiger partial charge < -0.3 is 14.9 Å². The van der Waals surface area contributed by atoms with E-state index >= 15 is 0 Å². The number of fused-ring (bicyclic) bond motifs is 1. The van der Waals surface area contributed by atoms with Gasteiger partial charge >= 0.3 is 0 Å². The Bertz CT molecular complexity index is 590. The molecule has 0 bridgehead atoms. The number of carbonyl (C=O) groups excluding carboxylic acids is 2. The Balaban J connectivity index is 1.73. The molecule has 1 unspecified atom stereocenters. The van der Waals surface area contributed by atoms with Gasteiger partial charge in [-0.2, -0.15) is 0 Å². The van der Waals surface area contributed by atoms with Gasteiger partial charge in [-0.15, -0.1) is 0 Å². The molecule has 0 spiro atoms. The summed E-state index contributed by atoms with van der Waals surface area (Å²) in [6, 6.07) is 5.27. The zero-order valence-corrected chi connectivity index (χ0v) is 12.3. The summed E-state index contributed by atoms with van der Waals surface area (Å²) < 4.78 is 0. The van der Waals surface area contributed by atoms with Crippen LogP contribution < -0.4 is 4.90 Å². The second-order valence-corrected chi connectivity index (χ2v) is 6.00. The van der Waals surface area contributed by atoms with E-state index in [0.717, 1.165) is 24.1 Å². The number of nitrogens with zero attached hydrogens (tertiary/aromatic N) is 2. The van der Waals surface area contributed by atoms with E-state index in [1.807, 2.05) is 0 Å². The quantitative estimate of drug-likeness (QED) is 0.893. The number of likely N-dealkylation sites (tertiary alicyclic amines) is 1. The lowest BCUT2D eigenvalue weighted by molar-refractivity contribution is -0.133. The molecular formula is C15H17ClN2O3. The van der Waals surface area contributed by atoms with Crippen LogP contribution in [-0.4, -0.2) is 47.6 Å². The molecule has 0 saturated carbocycles. The van der Waals surface area contributed by atoms with Crippen LogP contribution in [-0.2, 0) is 16.0 Å². The predicted octanol–water partition coefficient (Wildman–Crippen LogP) is 1.21. The molecule has 0 aliphatic carbocycles. The van der Waals surface area contributed by atoms with Crippen LogP contribution in [0.2, 0.25) is 5.02 Å². The smallest absolute Gasteiger partial charge is 0.242 e. The van der Waals surface area contributed by atoms with E-state index in [-0.39, 0.29) is 24.8 Å². The molecule has 2 heterocycles. The van der Waals surface area contributed by atoms with Crippen molar-refractivity contribution in [3.05, 3.63) is 28.8 Å². The van der Waals surface area contributed by atoms with E-state index in [1.165, 1.54) is 4.90 Å². The van der Waals surface area contributed by atoms with Gasteiger partial charge in [-0.05, 0) is 36.6 Å². The van der Waals surface area contributed by atoms with Crippen molar-refractivity contribution in [2.45, 2.75) is 25.4 Å². The van der Waals surface area contributed by atoms with Crippen LogP contribution in [0.5, 0.6) is 0 Å². The third-order valence-corrected chi connectivity index (χ3v) is 4.25. The van der Waals surface area contributed by atoms with Crippen LogP contribution in [0.4, 0.5) is 5.69 Å². The van der Waals surface area contributed by atoms with Crippen LogP contribution >= 0.6 is 11.6 Å². The molecular weight excluding hydrogens is 292 g/mol. The normalized spacial score (nSPS) is 21.6. The predicted molar refractivity (Wildman–Crippen MR) is 79.3 cm³/mol. The fourth-order valence-corrected chi connectivity index (χ4v) is 3.14. The molecule has 2 aliphatic heterocycles. The SMILES string of the molecule is O=C(CN1C(=O)Cc2cc(Cl)ccc21)N1CCCC(O)C1. The largest absolute Gasteiger partial charge is 0.391 e. The minimum Gasteiger partial charge on any atom is -0.391 e. The number of halogens is 1. The van der Waals surface area contributed by atoms with Gasteiger partial charge in [0.25, 0.3) is 0 Å². The first-order valence-electron chi connectivity index (χ1n) is 7.09. The molecule has 6 heteroatoms. The third-order valence-electron chi connectivity index (χ3n) is 4.02. The fraction of sp³-hybridized carbons (Fsp3) is 0.467. The maximum absolute atomic E-state index is 12.3. The van der Waals surface area contributed by atoms with E-state index in [0.29, 0.717) is 18.1 Å². The Morgan fingerprint density at radius 3 is 3.00 bits per heavy atom. The first kappa shape index (κ1) is 14.4. The van der Waals surface area contributed by atoms with Crippen molar-refractivity contribution in [2.24, 2.45) is 0 Å². The highest BCUT2D eigenvalue weighted by Crippen LogP contribution is 2.31. The molecule has 0 radical (unpaired) electrons. The summed E-state index contributed by atoms with van der Waals surface area (Å²) in [5.74, 6) is -0.205. The maximum Gasteiger partial charge on any atom is 0.242 e. The van der Waals surface area contributed by atoms with Crippen LogP contribution in [0.25, 0.3) is 0 Å². The fourth-order valence-electron chi connectivity index (χ4n) is 2.94. The van der Waals surface area contributed by atoms with Gasteiger partial charge in [0.1, 0.15) is 6.54 Å². The van der Waals surface area contributed by atoms with E-state index in [2.05, 4.69) is 0 Å². The molecule has 112 valence electrons. The Kier molecular flexibility index (Phi) is 3.87. The number of hydrogen-bond donors (Lipinski definition) is 1. The second kappa shape index (κ2) is 5.66. The minimum atomic E-state index is -0.455. The molecule has 1 atom stereocenters. The second-order valence-electron chi connectivity index (χ2n) is 5.57. The zero-order valence-electron chi connectivity index (χ0n) is 11.6. The molecule has 1 saturated heterocycles. The van der Waals surface area contributed by atoms with Gasteiger partial charge in [-0.1, -0.05) is 11.6 Å². The number of anilines is 1. The summed E-state index contributed by atoms with van der Waals surface area (Å²) in [4.78, 5) is 27.5. The summed E-state index contributed by atoms with van der Waals surface area (Å²) in [7, 11) is 0. The standard InChI is InChI=1S/C15H17ClN2O3/c16-11-3-4-13-10(6-11)7-14(20)18(13)9-15(21)17-5-1-2-12(19)8-17/h3-4,6,12,19H,1-2,5,7-9H2. The Morgan fingerprint density at radius 2 is 2.24 bits per heavy atom. The number of hydrogen-bond acceptors (Lipinski definition) is 3. The summed E-state index contributed by atoms with van der Waals surface area (Å²) >= 11 is 5.93. The molecule has 3 rings (SSSR count). The average Bonchev–Trinajstić information content (AvgIpc) is 2.74. The molecule has 1 aromatic carbocycles. The van der Waals surface area contributed by atoms with Gasteiger partial charge in [0, 0.05) is 23.8 Å². The van der Waals surface area contributed by atoms with Crippen LogP contribution in [0.15, 0.2) is 18.2 Å². The van der Waals surface area contributed by atoms with Crippen LogP contribution in [0.3, 0.4) is 0 Å². The maximum atomic E-state index is 12.3. The number of rotatable bonds is 2. The highest BCUT2D eigenvalue weighted by Gasteiger charge is 2.31. The molecule has 1 N–H and O–H groups in total. The summed E-state index contributed by atoms with van der Waals surface area (Å²) in [6.07, 6.45) is 1.36. The molecule has 2 aliphatic rings. The number of amides is 2. The highest BCUT2D eigenvalue weighted by molar-refractivity contribution is 6.31. The van der Waals surface area contributed by atoms with Crippen molar-refractivity contribution in [2.75, 3.05) is 24.5 Å². The molecule has 2 amide bonds. The van der Waals surface area contributed by atoms with Gasteiger partial charge in [-0.25, -0.2) is 0 Å². The van der Waals surface area contributed by atoms with Gasteiger partial charge in [0.15, 0.2) is 0 Å². The molecule has 1 aromatic rings. The average molecular weight is 309 g/mol. The third kappa shape index (κ3) is 2.89. The first-order valence-corrected chi connectivity index (χ1v) is 7.47. The molecule has 1 fully saturated rings. The van der Waals surface area contributed by atoms with E-state index < -0.39 is 6.10 Å².